The van der Waals surface area contributed by atoms with Crippen LogP contribution in [0.4, 0.5) is 0 Å². The molecule has 123 valence electrons. The number of nitrogens with zero attached hydrogens (tertiary/aromatic N) is 2. The fourth-order valence-electron chi connectivity index (χ4n) is 5.79. The van der Waals surface area contributed by atoms with E-state index in [0.29, 0.717) is 23.7 Å². The summed E-state index contributed by atoms with van der Waals surface area (Å²) in [6.45, 7) is 2.21. The maximum absolute atomic E-state index is 10.9. The average Bonchev–Trinajstić information content (AvgIpc) is 2.86. The molecule has 4 heteroatoms. The minimum absolute atomic E-state index is 0.157. The molecule has 4 rings (SSSR count). The van der Waals surface area contributed by atoms with Gasteiger partial charge in [-0.3, -0.25) is 0 Å². The minimum atomic E-state index is -0.976. The third kappa shape index (κ3) is 1.97. The van der Waals surface area contributed by atoms with Gasteiger partial charge in [-0.05, 0) is 48.1 Å². The molecule has 0 aliphatic heterocycles. The van der Waals surface area contributed by atoms with Crippen LogP contribution in [0.2, 0.25) is 0 Å². The van der Waals surface area contributed by atoms with Crippen LogP contribution >= 0.6 is 0 Å². The van der Waals surface area contributed by atoms with Gasteiger partial charge in [0.15, 0.2) is 5.79 Å². The highest BCUT2D eigenvalue weighted by Crippen LogP contribution is 2.63. The molecule has 2 saturated carbocycles. The lowest BCUT2D eigenvalue weighted by Crippen LogP contribution is -2.52. The second-order valence-corrected chi connectivity index (χ2v) is 7.87. The van der Waals surface area contributed by atoms with Gasteiger partial charge in [0.2, 0.25) is 0 Å². The first-order chi connectivity index (χ1) is 11.0. The summed E-state index contributed by atoms with van der Waals surface area (Å²) in [6, 6.07) is -0.207. The Balaban J connectivity index is 1.68. The molecular weight excluding hydrogens is 288 g/mol. The summed E-state index contributed by atoms with van der Waals surface area (Å²) in [5.41, 5.74) is 10.1. The Hall–Kier alpha value is -1.26. The van der Waals surface area contributed by atoms with E-state index >= 15 is 0 Å². The smallest absolute Gasteiger partial charge is 0.170 e. The van der Waals surface area contributed by atoms with Gasteiger partial charge in [-0.2, -0.15) is 5.11 Å². The third-order valence-electron chi connectivity index (χ3n) is 7.17. The summed E-state index contributed by atoms with van der Waals surface area (Å²) in [6.07, 6.45) is 14.7. The molecule has 5 unspecified atom stereocenters. The van der Waals surface area contributed by atoms with Crippen molar-refractivity contribution in [1.29, 1.82) is 0 Å². The van der Waals surface area contributed by atoms with Crippen molar-refractivity contribution >= 4 is 0 Å². The lowest BCUT2D eigenvalue weighted by Gasteiger charge is -2.52. The lowest BCUT2D eigenvalue weighted by atomic mass is 9.54. The SMILES string of the molecule is CO[C@]1(O)CCC2C3C=CC4=CC(N=[N])C=CC4C3CC[C@@]21C. The highest BCUT2D eigenvalue weighted by Gasteiger charge is 2.62. The van der Waals surface area contributed by atoms with Gasteiger partial charge in [-0.25, -0.2) is 0 Å². The van der Waals surface area contributed by atoms with E-state index in [0.717, 1.165) is 25.7 Å². The van der Waals surface area contributed by atoms with Crippen LogP contribution < -0.4 is 5.53 Å². The zero-order chi connectivity index (χ0) is 16.2. The molecule has 7 atom stereocenters. The van der Waals surface area contributed by atoms with E-state index in [9.17, 15) is 5.11 Å². The van der Waals surface area contributed by atoms with Crippen molar-refractivity contribution in [3.8, 4) is 0 Å². The largest absolute Gasteiger partial charge is 0.365 e. The van der Waals surface area contributed by atoms with Gasteiger partial charge in [0.25, 0.3) is 0 Å². The molecule has 0 heterocycles. The fraction of sp³-hybridized carbons (Fsp3) is 0.684. The van der Waals surface area contributed by atoms with Crippen LogP contribution in [0.15, 0.2) is 41.1 Å². The topological polar surface area (TPSA) is 64.1 Å². The quantitative estimate of drug-likeness (QED) is 0.484. The van der Waals surface area contributed by atoms with Crippen LogP contribution in [-0.2, 0) is 4.74 Å². The Morgan fingerprint density at radius 1 is 1.26 bits per heavy atom. The zero-order valence-electron chi connectivity index (χ0n) is 13.9. The maximum atomic E-state index is 10.9. The van der Waals surface area contributed by atoms with Gasteiger partial charge < -0.3 is 9.84 Å². The van der Waals surface area contributed by atoms with E-state index in [-0.39, 0.29) is 11.5 Å². The summed E-state index contributed by atoms with van der Waals surface area (Å²) in [7, 11) is 1.64. The monoisotopic (exact) mass is 313 g/mol. The van der Waals surface area contributed by atoms with Crippen molar-refractivity contribution in [2.75, 3.05) is 7.11 Å². The third-order valence-corrected chi connectivity index (χ3v) is 7.17. The summed E-state index contributed by atoms with van der Waals surface area (Å²) in [4.78, 5) is 0. The van der Waals surface area contributed by atoms with Crippen LogP contribution in [0, 0.1) is 29.1 Å². The second kappa shape index (κ2) is 5.12. The number of ether oxygens (including phenoxy) is 1. The van der Waals surface area contributed by atoms with Crippen LogP contribution in [0.3, 0.4) is 0 Å². The predicted octanol–water partition coefficient (Wildman–Crippen LogP) is 3.07. The highest BCUT2D eigenvalue weighted by molar-refractivity contribution is 5.38. The fourth-order valence-corrected chi connectivity index (χ4v) is 5.79. The second-order valence-electron chi connectivity index (χ2n) is 7.87. The van der Waals surface area contributed by atoms with Crippen LogP contribution in [0.25, 0.3) is 0 Å². The molecule has 1 N–H and O–H groups in total. The van der Waals surface area contributed by atoms with Gasteiger partial charge in [0.1, 0.15) is 6.04 Å². The van der Waals surface area contributed by atoms with Crippen molar-refractivity contribution in [2.24, 2.45) is 34.2 Å². The number of allylic oxidation sites excluding steroid dienone is 4. The Kier molecular flexibility index (Phi) is 3.40. The molecule has 0 aromatic rings. The molecule has 0 bridgehead atoms. The first-order valence-corrected chi connectivity index (χ1v) is 8.72. The summed E-state index contributed by atoms with van der Waals surface area (Å²) >= 11 is 0. The summed E-state index contributed by atoms with van der Waals surface area (Å²) in [5, 5.41) is 14.3. The first-order valence-electron chi connectivity index (χ1n) is 8.72. The number of methoxy groups -OCH3 is 1. The van der Waals surface area contributed by atoms with E-state index < -0.39 is 5.79 Å². The molecule has 0 amide bonds. The van der Waals surface area contributed by atoms with Gasteiger partial charge in [0.05, 0.1) is 0 Å². The van der Waals surface area contributed by atoms with E-state index in [1.807, 2.05) is 6.08 Å². The van der Waals surface area contributed by atoms with Gasteiger partial charge in [-0.15, -0.1) is 0 Å². The first kappa shape index (κ1) is 15.3. The van der Waals surface area contributed by atoms with Crippen LogP contribution in [0.1, 0.15) is 32.6 Å². The Morgan fingerprint density at radius 3 is 2.83 bits per heavy atom. The van der Waals surface area contributed by atoms with Crippen molar-refractivity contribution in [3.63, 3.8) is 0 Å². The van der Waals surface area contributed by atoms with Crippen molar-refractivity contribution in [1.82, 2.24) is 5.53 Å². The summed E-state index contributed by atoms with van der Waals surface area (Å²) < 4.78 is 5.55. The van der Waals surface area contributed by atoms with Crippen LogP contribution in [-0.4, -0.2) is 24.0 Å². The van der Waals surface area contributed by atoms with Gasteiger partial charge in [-0.1, -0.05) is 37.3 Å². The van der Waals surface area contributed by atoms with Crippen LogP contribution in [0.5, 0.6) is 0 Å². The van der Waals surface area contributed by atoms with Crippen molar-refractivity contribution in [3.05, 3.63) is 36.0 Å². The standard InChI is InChI=1S/C19H25N2O2/c1-18-9-7-15-14-6-4-13(21-20)11-12(14)3-5-16(15)17(18)8-10-19(18,22)23-2/h3-6,11,13-17,22H,7-10H2,1-2H3/t13?,14?,15?,16?,17?,18-,19+/m0/s1. The van der Waals surface area contributed by atoms with Gasteiger partial charge >= 0.3 is 0 Å². The molecule has 4 aliphatic carbocycles. The Labute approximate surface area is 137 Å². The highest BCUT2D eigenvalue weighted by atomic mass is 16.6. The number of fused-ring (bicyclic) bond motifs is 5. The van der Waals surface area contributed by atoms with E-state index in [1.165, 1.54) is 5.57 Å². The molecule has 2 fully saturated rings. The summed E-state index contributed by atoms with van der Waals surface area (Å²) in [5.74, 6) is 0.990. The van der Waals surface area contributed by atoms with Crippen molar-refractivity contribution in [2.45, 2.75) is 44.4 Å². The molecule has 4 aliphatic rings. The molecule has 0 saturated heterocycles. The van der Waals surface area contributed by atoms with E-state index in [2.05, 4.69) is 36.3 Å². The van der Waals surface area contributed by atoms with E-state index in [1.54, 1.807) is 7.11 Å². The maximum Gasteiger partial charge on any atom is 0.170 e. The molecule has 0 spiro atoms. The lowest BCUT2D eigenvalue weighted by molar-refractivity contribution is -0.259. The molecule has 4 nitrogen and oxygen atoms in total. The number of rotatable bonds is 2. The molecule has 23 heavy (non-hydrogen) atoms. The predicted molar refractivity (Wildman–Crippen MR) is 87.2 cm³/mol. The average molecular weight is 313 g/mol. The Bertz CT molecular complexity index is 610. The molecular formula is C19H25N2O2. The molecule has 0 aromatic carbocycles. The number of aliphatic hydroxyl groups is 1. The van der Waals surface area contributed by atoms with Gasteiger partial charge in [0, 0.05) is 24.9 Å². The van der Waals surface area contributed by atoms with Crippen molar-refractivity contribution < 1.29 is 9.84 Å². The molecule has 1 radical (unpaired) electrons. The number of hydrogen-bond donors (Lipinski definition) is 1. The molecule has 0 aromatic heterocycles. The Morgan fingerprint density at radius 2 is 2.09 bits per heavy atom. The normalized spacial score (nSPS) is 50.7. The number of hydrogen-bond acceptors (Lipinski definition) is 3. The van der Waals surface area contributed by atoms with E-state index in [4.69, 9.17) is 10.3 Å². The minimum Gasteiger partial charge on any atom is -0.365 e. The zero-order valence-corrected chi connectivity index (χ0v) is 13.9.